The lowest BCUT2D eigenvalue weighted by Crippen LogP contribution is -2.30. The van der Waals surface area contributed by atoms with E-state index in [1.807, 2.05) is 20.8 Å². The highest BCUT2D eigenvalue weighted by atomic mass is 16.6. The SMILES string of the molecule is COc1cc(C=C2C(=O)[C@H](C(C)C)CC[C@H]2C)cc([N+](=O)[O-])c1O. The molecule has 1 N–H and O–H groups in total. The van der Waals surface area contributed by atoms with Gasteiger partial charge < -0.3 is 9.84 Å². The molecule has 0 heterocycles. The fourth-order valence-electron chi connectivity index (χ4n) is 3.19. The molecule has 1 aliphatic carbocycles. The molecule has 0 unspecified atom stereocenters. The molecule has 1 saturated carbocycles. The zero-order valence-electron chi connectivity index (χ0n) is 14.4. The van der Waals surface area contributed by atoms with Crippen molar-refractivity contribution in [3.63, 3.8) is 0 Å². The van der Waals surface area contributed by atoms with Crippen LogP contribution < -0.4 is 4.74 Å². The summed E-state index contributed by atoms with van der Waals surface area (Å²) in [5.41, 5.74) is 0.732. The van der Waals surface area contributed by atoms with Gasteiger partial charge in [-0.3, -0.25) is 14.9 Å². The quantitative estimate of drug-likeness (QED) is 0.511. The van der Waals surface area contributed by atoms with Gasteiger partial charge >= 0.3 is 5.69 Å². The number of carbonyl (C=O) groups is 1. The Morgan fingerprint density at radius 2 is 2.04 bits per heavy atom. The number of phenols is 1. The monoisotopic (exact) mass is 333 g/mol. The van der Waals surface area contributed by atoms with Gasteiger partial charge in [0.1, 0.15) is 0 Å². The van der Waals surface area contributed by atoms with Crippen molar-refractivity contribution in [3.05, 3.63) is 33.4 Å². The van der Waals surface area contributed by atoms with Gasteiger partial charge in [-0.1, -0.05) is 20.8 Å². The fraction of sp³-hybridized carbons (Fsp3) is 0.500. The van der Waals surface area contributed by atoms with Gasteiger partial charge in [-0.2, -0.15) is 0 Å². The Hall–Kier alpha value is -2.37. The predicted octanol–water partition coefficient (Wildman–Crippen LogP) is 3.96. The van der Waals surface area contributed by atoms with Crippen LogP contribution in [0.5, 0.6) is 11.5 Å². The van der Waals surface area contributed by atoms with E-state index in [-0.39, 0.29) is 29.3 Å². The van der Waals surface area contributed by atoms with Crippen molar-refractivity contribution in [1.29, 1.82) is 0 Å². The minimum absolute atomic E-state index is 0.0125. The number of carbonyl (C=O) groups excluding carboxylic acids is 1. The van der Waals surface area contributed by atoms with Crippen LogP contribution in [0.4, 0.5) is 5.69 Å². The van der Waals surface area contributed by atoms with Gasteiger partial charge in [0.2, 0.25) is 5.75 Å². The van der Waals surface area contributed by atoms with E-state index >= 15 is 0 Å². The van der Waals surface area contributed by atoms with E-state index in [4.69, 9.17) is 4.74 Å². The number of rotatable bonds is 4. The molecule has 130 valence electrons. The molecule has 6 heteroatoms. The first-order valence-corrected chi connectivity index (χ1v) is 8.07. The number of hydrogen-bond donors (Lipinski definition) is 1. The molecule has 0 amide bonds. The minimum Gasteiger partial charge on any atom is -0.500 e. The lowest BCUT2D eigenvalue weighted by atomic mass is 9.73. The highest BCUT2D eigenvalue weighted by molar-refractivity contribution is 6.02. The summed E-state index contributed by atoms with van der Waals surface area (Å²) in [6.45, 7) is 6.06. The maximum atomic E-state index is 12.7. The molecule has 0 aliphatic heterocycles. The maximum absolute atomic E-state index is 12.7. The molecular weight excluding hydrogens is 310 g/mol. The van der Waals surface area contributed by atoms with Crippen molar-refractivity contribution in [1.82, 2.24) is 0 Å². The summed E-state index contributed by atoms with van der Waals surface area (Å²) in [6.07, 6.45) is 3.47. The zero-order chi connectivity index (χ0) is 18.0. The number of allylic oxidation sites excluding steroid dienone is 1. The molecule has 0 saturated heterocycles. The second-order valence-electron chi connectivity index (χ2n) is 6.64. The van der Waals surface area contributed by atoms with Crippen LogP contribution in [0.3, 0.4) is 0 Å². The average Bonchev–Trinajstić information content (AvgIpc) is 2.51. The molecule has 1 aromatic rings. The standard InChI is InChI=1S/C18H23NO5/c1-10(2)13-6-5-11(3)14(17(13)20)7-12-8-15(19(22)23)18(21)16(9-12)24-4/h7-11,13,21H,5-6H2,1-4H3/t11-,13+/m1/s1. The topological polar surface area (TPSA) is 89.7 Å². The van der Waals surface area contributed by atoms with Crippen LogP contribution in [0.2, 0.25) is 0 Å². The maximum Gasteiger partial charge on any atom is 0.315 e. The van der Waals surface area contributed by atoms with E-state index in [2.05, 4.69) is 0 Å². The highest BCUT2D eigenvalue weighted by Crippen LogP contribution is 2.39. The summed E-state index contributed by atoms with van der Waals surface area (Å²) in [5, 5.41) is 21.0. The zero-order valence-corrected chi connectivity index (χ0v) is 14.4. The van der Waals surface area contributed by atoms with Crippen molar-refractivity contribution >= 4 is 17.5 Å². The van der Waals surface area contributed by atoms with Crippen LogP contribution in [0.1, 0.15) is 39.2 Å². The van der Waals surface area contributed by atoms with Gasteiger partial charge in [-0.25, -0.2) is 0 Å². The smallest absolute Gasteiger partial charge is 0.315 e. The van der Waals surface area contributed by atoms with E-state index in [1.165, 1.54) is 19.2 Å². The highest BCUT2D eigenvalue weighted by Gasteiger charge is 2.33. The van der Waals surface area contributed by atoms with Crippen LogP contribution in [-0.2, 0) is 4.79 Å². The van der Waals surface area contributed by atoms with Crippen LogP contribution in [0, 0.1) is 27.9 Å². The Bertz CT molecular complexity index is 693. The number of aromatic hydroxyl groups is 1. The van der Waals surface area contributed by atoms with Gasteiger partial charge in [0.05, 0.1) is 12.0 Å². The van der Waals surface area contributed by atoms with Gasteiger partial charge in [0.15, 0.2) is 11.5 Å². The van der Waals surface area contributed by atoms with Crippen LogP contribution in [-0.4, -0.2) is 22.9 Å². The summed E-state index contributed by atoms with van der Waals surface area (Å²) in [6, 6.07) is 2.78. The van der Waals surface area contributed by atoms with E-state index in [1.54, 1.807) is 6.08 Å². The van der Waals surface area contributed by atoms with Crippen LogP contribution >= 0.6 is 0 Å². The largest absolute Gasteiger partial charge is 0.500 e. The number of ketones is 1. The molecule has 1 aromatic carbocycles. The van der Waals surface area contributed by atoms with Gasteiger partial charge in [-0.05, 0) is 48.0 Å². The number of hydrogen-bond acceptors (Lipinski definition) is 5. The Kier molecular flexibility index (Phi) is 5.26. The van der Waals surface area contributed by atoms with Gasteiger partial charge in [0, 0.05) is 12.0 Å². The number of nitro benzene ring substituents is 1. The van der Waals surface area contributed by atoms with Crippen molar-refractivity contribution in [3.8, 4) is 11.5 Å². The van der Waals surface area contributed by atoms with Gasteiger partial charge in [0.25, 0.3) is 0 Å². The molecule has 1 fully saturated rings. The number of Topliss-reactive ketones (excluding diaryl/α,β-unsaturated/α-hetero) is 1. The normalized spacial score (nSPS) is 22.9. The number of phenolic OH excluding ortho intramolecular Hbond substituents is 1. The fourth-order valence-corrected chi connectivity index (χ4v) is 3.19. The van der Waals surface area contributed by atoms with Crippen LogP contribution in [0.25, 0.3) is 6.08 Å². The van der Waals surface area contributed by atoms with E-state index < -0.39 is 16.4 Å². The molecule has 24 heavy (non-hydrogen) atoms. The average molecular weight is 333 g/mol. The molecule has 0 spiro atoms. The Balaban J connectivity index is 2.50. The summed E-state index contributed by atoms with van der Waals surface area (Å²) in [7, 11) is 1.33. The molecule has 1 aliphatic rings. The third-order valence-corrected chi connectivity index (χ3v) is 4.68. The third kappa shape index (κ3) is 3.42. The van der Waals surface area contributed by atoms with E-state index in [0.29, 0.717) is 11.1 Å². The molecule has 2 rings (SSSR count). The number of ether oxygens (including phenoxy) is 1. The molecule has 2 atom stereocenters. The molecule has 0 bridgehead atoms. The second kappa shape index (κ2) is 7.03. The Morgan fingerprint density at radius 1 is 1.38 bits per heavy atom. The first-order chi connectivity index (χ1) is 11.3. The van der Waals surface area contributed by atoms with Crippen molar-refractivity contribution in [2.75, 3.05) is 7.11 Å². The predicted molar refractivity (Wildman–Crippen MR) is 91.0 cm³/mol. The second-order valence-corrected chi connectivity index (χ2v) is 6.64. The van der Waals surface area contributed by atoms with Crippen molar-refractivity contribution < 1.29 is 19.6 Å². The summed E-state index contributed by atoms with van der Waals surface area (Å²) in [5.74, 6) is -0.0246. The number of benzene rings is 1. The summed E-state index contributed by atoms with van der Waals surface area (Å²) in [4.78, 5) is 23.2. The first-order valence-electron chi connectivity index (χ1n) is 8.07. The summed E-state index contributed by atoms with van der Waals surface area (Å²) < 4.78 is 5.01. The van der Waals surface area contributed by atoms with Crippen LogP contribution in [0.15, 0.2) is 17.7 Å². The molecule has 6 nitrogen and oxygen atoms in total. The Labute approximate surface area is 141 Å². The van der Waals surface area contributed by atoms with E-state index in [0.717, 1.165) is 12.8 Å². The lowest BCUT2D eigenvalue weighted by molar-refractivity contribution is -0.386. The first kappa shape index (κ1) is 18.0. The van der Waals surface area contributed by atoms with E-state index in [9.17, 15) is 20.0 Å². The molecule has 0 aromatic heterocycles. The molecule has 0 radical (unpaired) electrons. The van der Waals surface area contributed by atoms with Crippen molar-refractivity contribution in [2.45, 2.75) is 33.6 Å². The molecular formula is C18H23NO5. The number of methoxy groups -OCH3 is 1. The minimum atomic E-state index is -0.664. The summed E-state index contributed by atoms with van der Waals surface area (Å²) >= 11 is 0. The van der Waals surface area contributed by atoms with Gasteiger partial charge in [-0.15, -0.1) is 0 Å². The number of nitrogens with zero attached hydrogens (tertiary/aromatic N) is 1. The number of nitro groups is 1. The Morgan fingerprint density at radius 3 is 2.58 bits per heavy atom. The van der Waals surface area contributed by atoms with Crippen molar-refractivity contribution in [2.24, 2.45) is 17.8 Å². The lowest BCUT2D eigenvalue weighted by Gasteiger charge is -2.30. The third-order valence-electron chi connectivity index (χ3n) is 4.68.